The molecule has 6 heteroatoms. The third kappa shape index (κ3) is 2.40. The number of benzene rings is 2. The Bertz CT molecular complexity index is 1390. The van der Waals surface area contributed by atoms with Crippen molar-refractivity contribution in [1.29, 1.82) is 0 Å². The van der Waals surface area contributed by atoms with Crippen LogP contribution in [0.25, 0.3) is 45.2 Å². The van der Waals surface area contributed by atoms with Crippen LogP contribution in [0.1, 0.15) is 16.9 Å². The van der Waals surface area contributed by atoms with Gasteiger partial charge in [0.15, 0.2) is 0 Å². The number of rotatable bonds is 3. The van der Waals surface area contributed by atoms with E-state index in [1.54, 1.807) is 0 Å². The van der Waals surface area contributed by atoms with Crippen LogP contribution >= 0.6 is 0 Å². The van der Waals surface area contributed by atoms with Gasteiger partial charge in [-0.3, -0.25) is 5.10 Å². The lowest BCUT2D eigenvalue weighted by Gasteiger charge is -2.06. The summed E-state index contributed by atoms with van der Waals surface area (Å²) in [6, 6.07) is 16.6. The van der Waals surface area contributed by atoms with Crippen LogP contribution in [0.4, 0.5) is 0 Å². The van der Waals surface area contributed by atoms with Crippen molar-refractivity contribution in [1.82, 2.24) is 24.9 Å². The number of aryl methyl sites for hydroxylation is 2. The number of hydrogen-bond acceptors (Lipinski definition) is 4. The van der Waals surface area contributed by atoms with Gasteiger partial charge in [0.25, 0.3) is 0 Å². The van der Waals surface area contributed by atoms with Crippen molar-refractivity contribution in [3.63, 3.8) is 0 Å². The number of H-pyrrole nitrogens is 1. The molecule has 30 heavy (non-hydrogen) atoms. The van der Waals surface area contributed by atoms with Crippen molar-refractivity contribution in [2.45, 2.75) is 13.3 Å². The fourth-order valence-electron chi connectivity index (χ4n) is 4.37. The van der Waals surface area contributed by atoms with Crippen molar-refractivity contribution in [2.24, 2.45) is 7.05 Å². The molecule has 1 N–H and O–H groups in total. The molecule has 0 spiro atoms. The van der Waals surface area contributed by atoms with Gasteiger partial charge in [-0.05, 0) is 18.6 Å². The summed E-state index contributed by atoms with van der Waals surface area (Å²) < 4.78 is 7.62. The summed E-state index contributed by atoms with van der Waals surface area (Å²) in [6.45, 7) is 1.95. The first-order chi connectivity index (χ1) is 14.7. The van der Waals surface area contributed by atoms with E-state index < -0.39 is 0 Å². The maximum Gasteiger partial charge on any atom is 0.143 e. The molecular formula is C24H19N5O. The molecule has 0 unspecified atom stereocenters. The molecule has 0 saturated heterocycles. The van der Waals surface area contributed by atoms with E-state index in [2.05, 4.69) is 38.5 Å². The molecule has 2 aromatic carbocycles. The Kier molecular flexibility index (Phi) is 3.56. The minimum atomic E-state index is 0.782. The number of aromatic amines is 1. The van der Waals surface area contributed by atoms with Gasteiger partial charge in [-0.2, -0.15) is 5.10 Å². The van der Waals surface area contributed by atoms with Crippen LogP contribution in [0.15, 0.2) is 65.4 Å². The van der Waals surface area contributed by atoms with Crippen molar-refractivity contribution in [2.75, 3.05) is 0 Å². The summed E-state index contributed by atoms with van der Waals surface area (Å²) in [6.07, 6.45) is 4.60. The Labute approximate surface area is 173 Å². The third-order valence-corrected chi connectivity index (χ3v) is 5.83. The topological polar surface area (TPSA) is 72.5 Å². The first kappa shape index (κ1) is 17.0. The Hall–Kier alpha value is -3.93. The standard InChI is InChI=1S/C24H19N5O/c1-14-20(21(28-30-14)15-6-4-3-5-7-15)23-19-13-17-12-16(24-25-10-11-29(24)2)8-9-18(17)22(19)26-27-23/h3-12H,13H2,1-2H3,(H,26,27). The second-order valence-corrected chi connectivity index (χ2v) is 7.66. The second-order valence-electron chi connectivity index (χ2n) is 7.66. The van der Waals surface area contributed by atoms with E-state index in [0.29, 0.717) is 0 Å². The van der Waals surface area contributed by atoms with E-state index in [9.17, 15) is 0 Å². The quantitative estimate of drug-likeness (QED) is 0.459. The Morgan fingerprint density at radius 2 is 1.90 bits per heavy atom. The van der Waals surface area contributed by atoms with Crippen LogP contribution in [0, 0.1) is 6.92 Å². The molecule has 0 radical (unpaired) electrons. The molecule has 0 fully saturated rings. The molecule has 1 aliphatic carbocycles. The Morgan fingerprint density at radius 3 is 2.70 bits per heavy atom. The molecular weight excluding hydrogens is 374 g/mol. The zero-order valence-electron chi connectivity index (χ0n) is 16.7. The van der Waals surface area contributed by atoms with Crippen molar-refractivity contribution in [3.8, 4) is 45.2 Å². The normalized spacial score (nSPS) is 12.2. The molecule has 146 valence electrons. The molecule has 0 saturated carbocycles. The highest BCUT2D eigenvalue weighted by Gasteiger charge is 2.29. The maximum absolute atomic E-state index is 5.58. The van der Waals surface area contributed by atoms with Crippen molar-refractivity contribution in [3.05, 3.63) is 77.8 Å². The summed E-state index contributed by atoms with van der Waals surface area (Å²) in [5.41, 5.74) is 9.56. The van der Waals surface area contributed by atoms with Crippen LogP contribution in [0.2, 0.25) is 0 Å². The Morgan fingerprint density at radius 1 is 1.03 bits per heavy atom. The van der Waals surface area contributed by atoms with E-state index in [-0.39, 0.29) is 0 Å². The van der Waals surface area contributed by atoms with Gasteiger partial charge in [0, 0.05) is 48.1 Å². The molecule has 6 rings (SSSR count). The fourth-order valence-corrected chi connectivity index (χ4v) is 4.37. The highest BCUT2D eigenvalue weighted by Crippen LogP contribution is 2.44. The van der Waals surface area contributed by atoms with E-state index in [1.807, 2.05) is 61.3 Å². The first-order valence-electron chi connectivity index (χ1n) is 9.91. The predicted molar refractivity (Wildman–Crippen MR) is 115 cm³/mol. The van der Waals surface area contributed by atoms with E-state index in [0.717, 1.165) is 51.8 Å². The maximum atomic E-state index is 5.58. The monoisotopic (exact) mass is 393 g/mol. The first-order valence-corrected chi connectivity index (χ1v) is 9.91. The van der Waals surface area contributed by atoms with Gasteiger partial charge in [-0.15, -0.1) is 0 Å². The molecule has 0 bridgehead atoms. The van der Waals surface area contributed by atoms with Gasteiger partial charge in [0.1, 0.15) is 17.3 Å². The van der Waals surface area contributed by atoms with Crippen LogP contribution in [0.5, 0.6) is 0 Å². The number of imidazole rings is 1. The van der Waals surface area contributed by atoms with Gasteiger partial charge in [0.2, 0.25) is 0 Å². The molecule has 0 atom stereocenters. The van der Waals surface area contributed by atoms with Gasteiger partial charge < -0.3 is 9.09 Å². The largest absolute Gasteiger partial charge is 0.360 e. The minimum absolute atomic E-state index is 0.782. The average molecular weight is 393 g/mol. The van der Waals surface area contributed by atoms with Crippen molar-refractivity contribution < 1.29 is 4.52 Å². The lowest BCUT2D eigenvalue weighted by atomic mass is 10.00. The summed E-state index contributed by atoms with van der Waals surface area (Å²) in [5.74, 6) is 1.75. The molecule has 1 aliphatic rings. The van der Waals surface area contributed by atoms with Gasteiger partial charge >= 0.3 is 0 Å². The number of nitrogens with one attached hydrogen (secondary N) is 1. The number of nitrogens with zero attached hydrogens (tertiary/aromatic N) is 4. The number of fused-ring (bicyclic) bond motifs is 3. The highest BCUT2D eigenvalue weighted by molar-refractivity contribution is 5.88. The molecule has 5 aromatic rings. The summed E-state index contributed by atoms with van der Waals surface area (Å²) in [4.78, 5) is 4.48. The smallest absolute Gasteiger partial charge is 0.143 e. The van der Waals surface area contributed by atoms with E-state index >= 15 is 0 Å². The summed E-state index contributed by atoms with van der Waals surface area (Å²) >= 11 is 0. The predicted octanol–water partition coefficient (Wildman–Crippen LogP) is 5.01. The second kappa shape index (κ2) is 6.29. The van der Waals surface area contributed by atoms with Crippen LogP contribution in [-0.2, 0) is 13.5 Å². The zero-order valence-corrected chi connectivity index (χ0v) is 16.7. The lowest BCUT2D eigenvalue weighted by molar-refractivity contribution is 0.400. The number of hydrogen-bond donors (Lipinski definition) is 1. The van der Waals surface area contributed by atoms with Gasteiger partial charge in [0.05, 0.1) is 17.0 Å². The molecule has 0 aliphatic heterocycles. The van der Waals surface area contributed by atoms with Gasteiger partial charge in [-0.1, -0.05) is 47.6 Å². The van der Waals surface area contributed by atoms with Crippen LogP contribution in [-0.4, -0.2) is 24.9 Å². The molecule has 3 aromatic heterocycles. The third-order valence-electron chi connectivity index (χ3n) is 5.83. The lowest BCUT2D eigenvalue weighted by Crippen LogP contribution is -1.93. The fraction of sp³-hybridized carbons (Fsp3) is 0.125. The molecule has 3 heterocycles. The van der Waals surface area contributed by atoms with Gasteiger partial charge in [-0.25, -0.2) is 4.98 Å². The Balaban J connectivity index is 1.46. The van der Waals surface area contributed by atoms with Crippen LogP contribution in [0.3, 0.4) is 0 Å². The summed E-state index contributed by atoms with van der Waals surface area (Å²) in [7, 11) is 2.01. The average Bonchev–Trinajstić information content (AvgIpc) is 3.52. The molecule has 0 amide bonds. The van der Waals surface area contributed by atoms with Crippen molar-refractivity contribution >= 4 is 0 Å². The minimum Gasteiger partial charge on any atom is -0.360 e. The SMILES string of the molecule is Cc1onc(-c2ccccc2)c1-c1[nH]nc2c1Cc1cc(-c3nccn3C)ccc1-2. The zero-order chi connectivity index (χ0) is 20.2. The number of aromatic nitrogens is 5. The van der Waals surface area contributed by atoms with E-state index in [4.69, 9.17) is 4.52 Å². The summed E-state index contributed by atoms with van der Waals surface area (Å²) in [5, 5.41) is 12.3. The highest BCUT2D eigenvalue weighted by atomic mass is 16.5. The van der Waals surface area contributed by atoms with Crippen LogP contribution < -0.4 is 0 Å². The molecule has 6 nitrogen and oxygen atoms in total. The van der Waals surface area contributed by atoms with E-state index in [1.165, 1.54) is 16.7 Å².